The Morgan fingerprint density at radius 2 is 1.73 bits per heavy atom. The maximum atomic E-state index is 8.95. The van der Waals surface area contributed by atoms with Gasteiger partial charge in [0.15, 0.2) is 0 Å². The lowest BCUT2D eigenvalue weighted by molar-refractivity contribution is 0.114. The van der Waals surface area contributed by atoms with Crippen LogP contribution in [0.2, 0.25) is 25.7 Å². The molecule has 128 valence electrons. The van der Waals surface area contributed by atoms with Crippen molar-refractivity contribution in [3.8, 4) is 0 Å². The maximum absolute atomic E-state index is 8.95. The molecule has 0 spiro atoms. The zero-order valence-electron chi connectivity index (χ0n) is 14.8. The molecule has 0 radical (unpaired) electrons. The topological polar surface area (TPSA) is 38.7 Å². The van der Waals surface area contributed by atoms with E-state index in [1.54, 1.807) is 0 Å². The van der Waals surface area contributed by atoms with Crippen LogP contribution in [0.4, 0.5) is 0 Å². The van der Waals surface area contributed by atoms with E-state index in [0.717, 1.165) is 52.2 Å². The van der Waals surface area contributed by atoms with Crippen molar-refractivity contribution in [2.75, 3.05) is 52.4 Å². The van der Waals surface area contributed by atoms with Gasteiger partial charge in [0.25, 0.3) is 0 Å². The molecular weight excluding hydrogens is 290 g/mol. The zero-order chi connectivity index (χ0) is 16.4. The summed E-state index contributed by atoms with van der Waals surface area (Å²) in [4.78, 5) is 4.82. The molecular formula is C17H35N3OSi. The van der Waals surface area contributed by atoms with E-state index < -0.39 is 8.07 Å². The highest BCUT2D eigenvalue weighted by Crippen LogP contribution is 2.16. The van der Waals surface area contributed by atoms with Crippen molar-refractivity contribution in [3.05, 3.63) is 24.4 Å². The van der Waals surface area contributed by atoms with Crippen LogP contribution in [0.3, 0.4) is 0 Å². The van der Waals surface area contributed by atoms with Crippen LogP contribution < -0.4 is 5.32 Å². The minimum Gasteiger partial charge on any atom is -0.395 e. The van der Waals surface area contributed by atoms with E-state index in [4.69, 9.17) is 5.11 Å². The summed E-state index contributed by atoms with van der Waals surface area (Å²) in [5.74, 6) is 0. The van der Waals surface area contributed by atoms with Crippen molar-refractivity contribution in [3.63, 3.8) is 0 Å². The fourth-order valence-corrected chi connectivity index (χ4v) is 3.60. The maximum Gasteiger partial charge on any atom is 0.0558 e. The van der Waals surface area contributed by atoms with Crippen molar-refractivity contribution in [1.29, 1.82) is 0 Å². The molecule has 0 bridgehead atoms. The first-order valence-corrected chi connectivity index (χ1v) is 12.3. The molecule has 1 aliphatic rings. The molecule has 0 aromatic rings. The van der Waals surface area contributed by atoms with Crippen LogP contribution in [0.5, 0.6) is 0 Å². The summed E-state index contributed by atoms with van der Waals surface area (Å²) in [6, 6.07) is 1.32. The van der Waals surface area contributed by atoms with Crippen molar-refractivity contribution < 1.29 is 5.11 Å². The van der Waals surface area contributed by atoms with Gasteiger partial charge in [-0.25, -0.2) is 0 Å². The Labute approximate surface area is 137 Å². The van der Waals surface area contributed by atoms with Gasteiger partial charge in [-0.3, -0.25) is 9.80 Å². The van der Waals surface area contributed by atoms with E-state index in [-0.39, 0.29) is 6.61 Å². The summed E-state index contributed by atoms with van der Waals surface area (Å²) < 4.78 is 0. The largest absolute Gasteiger partial charge is 0.395 e. The number of piperazine rings is 1. The summed E-state index contributed by atoms with van der Waals surface area (Å²) >= 11 is 0. The van der Waals surface area contributed by atoms with Gasteiger partial charge in [0, 0.05) is 53.9 Å². The predicted molar refractivity (Wildman–Crippen MR) is 99.0 cm³/mol. The summed E-state index contributed by atoms with van der Waals surface area (Å²) in [5.41, 5.74) is 1.33. The summed E-state index contributed by atoms with van der Waals surface area (Å²) in [5, 5.41) is 12.4. The van der Waals surface area contributed by atoms with Crippen LogP contribution in [-0.4, -0.2) is 75.4 Å². The van der Waals surface area contributed by atoms with Gasteiger partial charge in [-0.15, -0.1) is 0 Å². The molecule has 1 aliphatic heterocycles. The first-order chi connectivity index (χ1) is 10.4. The standard InChI is InChI=1S/C17H35N3OSi/c1-5-17(6-15-22(2,3)4)16-18-7-8-19-9-11-20(12-10-19)13-14-21/h5,16,18,21H,1,6-15H2,2-4H3/b17-16+. The number of rotatable bonds is 10. The van der Waals surface area contributed by atoms with E-state index in [9.17, 15) is 0 Å². The number of hydrogen-bond acceptors (Lipinski definition) is 4. The Bertz CT molecular complexity index is 344. The van der Waals surface area contributed by atoms with Gasteiger partial charge in [0.05, 0.1) is 6.61 Å². The first-order valence-electron chi connectivity index (χ1n) is 8.55. The lowest BCUT2D eigenvalue weighted by Gasteiger charge is -2.34. The number of nitrogens with zero attached hydrogens (tertiary/aromatic N) is 2. The molecule has 0 saturated carbocycles. The van der Waals surface area contributed by atoms with E-state index in [0.29, 0.717) is 0 Å². The van der Waals surface area contributed by atoms with E-state index in [1.165, 1.54) is 11.6 Å². The normalized spacial score (nSPS) is 18.5. The van der Waals surface area contributed by atoms with Gasteiger partial charge in [-0.05, 0) is 18.2 Å². The van der Waals surface area contributed by atoms with Gasteiger partial charge in [-0.1, -0.05) is 38.3 Å². The number of aliphatic hydroxyl groups excluding tert-OH is 1. The smallest absolute Gasteiger partial charge is 0.0558 e. The number of aliphatic hydroxyl groups is 1. The van der Waals surface area contributed by atoms with Gasteiger partial charge >= 0.3 is 0 Å². The fourth-order valence-electron chi connectivity index (χ4n) is 2.56. The number of β-amino-alcohol motifs (C(OH)–C–C–N with tert-alkyl or cyclic N) is 1. The Balaban J connectivity index is 2.18. The van der Waals surface area contributed by atoms with Gasteiger partial charge in [-0.2, -0.15) is 0 Å². The molecule has 1 fully saturated rings. The Morgan fingerprint density at radius 3 is 2.23 bits per heavy atom. The first kappa shape index (κ1) is 19.4. The molecule has 0 atom stereocenters. The van der Waals surface area contributed by atoms with E-state index in [1.807, 2.05) is 6.08 Å². The predicted octanol–water partition coefficient (Wildman–Crippen LogP) is 1.98. The van der Waals surface area contributed by atoms with Gasteiger partial charge in [0.2, 0.25) is 0 Å². The summed E-state index contributed by atoms with van der Waals surface area (Å²) in [6.45, 7) is 18.7. The molecule has 2 N–H and O–H groups in total. The van der Waals surface area contributed by atoms with Gasteiger partial charge < -0.3 is 10.4 Å². The molecule has 0 aliphatic carbocycles. The van der Waals surface area contributed by atoms with Crippen LogP contribution in [0.15, 0.2) is 24.4 Å². The monoisotopic (exact) mass is 325 g/mol. The second-order valence-electron chi connectivity index (χ2n) is 7.35. The average molecular weight is 326 g/mol. The average Bonchev–Trinajstić information content (AvgIpc) is 2.47. The lowest BCUT2D eigenvalue weighted by atomic mass is 10.2. The van der Waals surface area contributed by atoms with Crippen LogP contribution in [0.25, 0.3) is 0 Å². The third kappa shape index (κ3) is 8.73. The van der Waals surface area contributed by atoms with Crippen molar-refractivity contribution in [2.24, 2.45) is 0 Å². The lowest BCUT2D eigenvalue weighted by Crippen LogP contribution is -2.48. The molecule has 4 nitrogen and oxygen atoms in total. The molecule has 0 aromatic carbocycles. The molecule has 0 amide bonds. The Morgan fingerprint density at radius 1 is 1.14 bits per heavy atom. The Hall–Kier alpha value is -0.623. The van der Waals surface area contributed by atoms with Crippen LogP contribution >= 0.6 is 0 Å². The number of allylic oxidation sites excluding steroid dienone is 2. The number of hydrogen-bond donors (Lipinski definition) is 2. The third-order valence-corrected chi connectivity index (χ3v) is 5.92. The molecule has 0 aromatic heterocycles. The minimum atomic E-state index is -0.971. The summed E-state index contributed by atoms with van der Waals surface area (Å²) in [6.07, 6.45) is 5.28. The SMILES string of the molecule is C=C/C(=C\NCCN1CCN(CCO)CC1)CC[Si](C)(C)C. The number of nitrogens with one attached hydrogen (secondary N) is 1. The van der Waals surface area contributed by atoms with Crippen molar-refractivity contribution >= 4 is 8.07 Å². The molecule has 22 heavy (non-hydrogen) atoms. The highest BCUT2D eigenvalue weighted by molar-refractivity contribution is 6.76. The van der Waals surface area contributed by atoms with E-state index >= 15 is 0 Å². The van der Waals surface area contributed by atoms with Crippen LogP contribution in [0, 0.1) is 0 Å². The highest BCUT2D eigenvalue weighted by atomic mass is 28.3. The fraction of sp³-hybridized carbons (Fsp3) is 0.765. The quantitative estimate of drug-likeness (QED) is 0.366. The molecule has 0 unspecified atom stereocenters. The zero-order valence-corrected chi connectivity index (χ0v) is 15.8. The van der Waals surface area contributed by atoms with Crippen LogP contribution in [-0.2, 0) is 0 Å². The Kier molecular flexibility index (Phi) is 9.01. The second kappa shape index (κ2) is 10.2. The molecule has 1 heterocycles. The third-order valence-electron chi connectivity index (χ3n) is 4.17. The highest BCUT2D eigenvalue weighted by Gasteiger charge is 2.15. The van der Waals surface area contributed by atoms with E-state index in [2.05, 4.69) is 47.5 Å². The van der Waals surface area contributed by atoms with Crippen molar-refractivity contribution in [1.82, 2.24) is 15.1 Å². The molecule has 1 saturated heterocycles. The van der Waals surface area contributed by atoms with Crippen LogP contribution in [0.1, 0.15) is 6.42 Å². The summed E-state index contributed by atoms with van der Waals surface area (Å²) in [7, 11) is -0.971. The molecule has 5 heteroatoms. The van der Waals surface area contributed by atoms with Crippen molar-refractivity contribution in [2.45, 2.75) is 32.1 Å². The second-order valence-corrected chi connectivity index (χ2v) is 13.0. The molecule has 1 rings (SSSR count). The minimum absolute atomic E-state index is 0.272. The van der Waals surface area contributed by atoms with Gasteiger partial charge in [0.1, 0.15) is 0 Å².